The van der Waals surface area contributed by atoms with Gasteiger partial charge in [-0.3, -0.25) is 4.79 Å². The Morgan fingerprint density at radius 3 is 2.44 bits per heavy atom. The number of hydrogen-bond acceptors (Lipinski definition) is 6. The minimum atomic E-state index is -3.98. The molecule has 0 fully saturated rings. The molecule has 0 atom stereocenters. The van der Waals surface area contributed by atoms with Gasteiger partial charge in [0.2, 0.25) is 10.0 Å². The number of benzene rings is 2. The predicted molar refractivity (Wildman–Crippen MR) is 89.2 cm³/mol. The molecule has 2 aromatic rings. The summed E-state index contributed by atoms with van der Waals surface area (Å²) in [4.78, 5) is 11.4. The van der Waals surface area contributed by atoms with Crippen LogP contribution in [-0.4, -0.2) is 34.1 Å². The summed E-state index contributed by atoms with van der Waals surface area (Å²) >= 11 is 0. The smallest absolute Gasteiger partial charge is 0.321 e. The van der Waals surface area contributed by atoms with E-state index in [0.29, 0.717) is 5.75 Å². The van der Waals surface area contributed by atoms with Crippen molar-refractivity contribution < 1.29 is 22.7 Å². The van der Waals surface area contributed by atoms with Crippen molar-refractivity contribution in [1.29, 1.82) is 5.26 Å². The summed E-state index contributed by atoms with van der Waals surface area (Å²) in [6, 6.07) is 16.5. The summed E-state index contributed by atoms with van der Waals surface area (Å²) in [6.07, 6.45) is 0. The number of ether oxygens (including phenoxy) is 2. The number of sulfonamides is 1. The Hall–Kier alpha value is -2.89. The number of nitrogens with zero attached hydrogens (tertiary/aromatic N) is 1. The molecule has 8 heteroatoms. The van der Waals surface area contributed by atoms with E-state index in [4.69, 9.17) is 14.7 Å². The zero-order chi connectivity index (χ0) is 18.1. The summed E-state index contributed by atoms with van der Waals surface area (Å²) in [5, 5.41) is 8.95. The van der Waals surface area contributed by atoms with Crippen LogP contribution in [0.5, 0.6) is 5.75 Å². The lowest BCUT2D eigenvalue weighted by molar-refractivity contribution is -0.142. The van der Waals surface area contributed by atoms with Crippen LogP contribution in [0.4, 0.5) is 0 Å². The van der Waals surface area contributed by atoms with Gasteiger partial charge >= 0.3 is 5.97 Å². The molecule has 7 nitrogen and oxygen atoms in total. The van der Waals surface area contributed by atoms with Crippen molar-refractivity contribution in [2.24, 2.45) is 0 Å². The molecule has 0 heterocycles. The lowest BCUT2D eigenvalue weighted by Gasteiger charge is -2.09. The van der Waals surface area contributed by atoms with E-state index < -0.39 is 22.5 Å². The average molecular weight is 360 g/mol. The molecular weight excluding hydrogens is 344 g/mol. The molecule has 0 unspecified atom stereocenters. The fraction of sp³-hybridized carbons (Fsp3) is 0.176. The lowest BCUT2D eigenvalue weighted by atomic mass is 10.2. The molecule has 130 valence electrons. The van der Waals surface area contributed by atoms with Crippen LogP contribution >= 0.6 is 0 Å². The molecule has 0 saturated carbocycles. The highest BCUT2D eigenvalue weighted by atomic mass is 32.2. The van der Waals surface area contributed by atoms with E-state index in [-0.39, 0.29) is 23.7 Å². The normalized spacial score (nSPS) is 10.7. The van der Waals surface area contributed by atoms with Gasteiger partial charge in [0.25, 0.3) is 0 Å². The quantitative estimate of drug-likeness (QED) is 0.564. The van der Waals surface area contributed by atoms with Crippen LogP contribution in [0.1, 0.15) is 5.56 Å². The molecule has 0 saturated heterocycles. The third-order valence-corrected chi connectivity index (χ3v) is 4.52. The van der Waals surface area contributed by atoms with Crippen molar-refractivity contribution in [2.75, 3.05) is 19.8 Å². The maximum Gasteiger partial charge on any atom is 0.321 e. The average Bonchev–Trinajstić information content (AvgIpc) is 2.64. The van der Waals surface area contributed by atoms with Gasteiger partial charge in [0, 0.05) is 0 Å². The van der Waals surface area contributed by atoms with E-state index in [1.807, 2.05) is 18.2 Å². The van der Waals surface area contributed by atoms with Gasteiger partial charge in [-0.2, -0.15) is 9.98 Å². The number of rotatable bonds is 8. The fourth-order valence-corrected chi connectivity index (χ4v) is 3.03. The van der Waals surface area contributed by atoms with Crippen LogP contribution < -0.4 is 9.46 Å². The lowest BCUT2D eigenvalue weighted by Crippen LogP contribution is -2.31. The molecular formula is C17H16N2O5S. The topological polar surface area (TPSA) is 105 Å². The van der Waals surface area contributed by atoms with Gasteiger partial charge in [0.05, 0.1) is 10.5 Å². The van der Waals surface area contributed by atoms with Crippen molar-refractivity contribution >= 4 is 16.0 Å². The van der Waals surface area contributed by atoms with Crippen molar-refractivity contribution in [2.45, 2.75) is 4.90 Å². The van der Waals surface area contributed by atoms with E-state index in [9.17, 15) is 13.2 Å². The van der Waals surface area contributed by atoms with Crippen LogP contribution in [0.2, 0.25) is 0 Å². The largest absolute Gasteiger partial charge is 0.490 e. The Balaban J connectivity index is 1.78. The molecule has 25 heavy (non-hydrogen) atoms. The van der Waals surface area contributed by atoms with Gasteiger partial charge in [0.1, 0.15) is 31.6 Å². The summed E-state index contributed by atoms with van der Waals surface area (Å²) < 4.78 is 36.6. The number of nitrogens with one attached hydrogen (secondary N) is 1. The van der Waals surface area contributed by atoms with Gasteiger partial charge in [-0.25, -0.2) is 8.42 Å². The zero-order valence-electron chi connectivity index (χ0n) is 13.2. The molecule has 0 radical (unpaired) electrons. The number of nitriles is 1. The number of carbonyl (C=O) groups excluding carboxylic acids is 1. The van der Waals surface area contributed by atoms with Crippen molar-refractivity contribution in [3.63, 3.8) is 0 Å². The molecule has 1 N–H and O–H groups in total. The Bertz CT molecular complexity index is 860. The Kier molecular flexibility index (Phi) is 6.51. The van der Waals surface area contributed by atoms with E-state index in [1.54, 1.807) is 24.3 Å². The second-order valence-corrected chi connectivity index (χ2v) is 6.55. The zero-order valence-corrected chi connectivity index (χ0v) is 14.0. The van der Waals surface area contributed by atoms with Crippen molar-refractivity contribution in [3.8, 4) is 11.8 Å². The molecule has 0 aliphatic rings. The first-order chi connectivity index (χ1) is 12.0. The minimum Gasteiger partial charge on any atom is -0.490 e. The van der Waals surface area contributed by atoms with Gasteiger partial charge in [-0.1, -0.05) is 30.3 Å². The van der Waals surface area contributed by atoms with Crippen LogP contribution in [0.25, 0.3) is 0 Å². The van der Waals surface area contributed by atoms with E-state index in [2.05, 4.69) is 4.72 Å². The third-order valence-electron chi connectivity index (χ3n) is 3.06. The number of para-hydroxylation sites is 1. The maximum absolute atomic E-state index is 12.1. The summed E-state index contributed by atoms with van der Waals surface area (Å²) in [5.74, 6) is -0.0953. The van der Waals surface area contributed by atoms with E-state index in [0.717, 1.165) is 0 Å². The number of hydrogen-bond donors (Lipinski definition) is 1. The van der Waals surface area contributed by atoms with Gasteiger partial charge in [-0.05, 0) is 24.3 Å². The second kappa shape index (κ2) is 8.82. The second-order valence-electron chi connectivity index (χ2n) is 4.81. The van der Waals surface area contributed by atoms with Gasteiger partial charge in [-0.15, -0.1) is 0 Å². The van der Waals surface area contributed by atoms with Crippen LogP contribution in [0.3, 0.4) is 0 Å². The Labute approximate surface area is 145 Å². The summed E-state index contributed by atoms with van der Waals surface area (Å²) in [6.45, 7) is -0.391. The van der Waals surface area contributed by atoms with Crippen LogP contribution in [-0.2, 0) is 19.6 Å². The molecule has 0 bridgehead atoms. The summed E-state index contributed by atoms with van der Waals surface area (Å²) in [7, 11) is -3.98. The number of esters is 1. The molecule has 0 spiro atoms. The molecule has 0 aromatic heterocycles. The first-order valence-electron chi connectivity index (χ1n) is 7.35. The molecule has 2 aromatic carbocycles. The Morgan fingerprint density at radius 1 is 1.04 bits per heavy atom. The standard InChI is InChI=1S/C17H16N2O5S/c18-12-14-6-4-5-9-16(14)25(21,22)19-13-17(20)24-11-10-23-15-7-2-1-3-8-15/h1-9,19H,10-11,13H2. The van der Waals surface area contributed by atoms with Gasteiger partial charge < -0.3 is 9.47 Å². The minimum absolute atomic E-state index is 0.000344. The molecule has 0 amide bonds. The maximum atomic E-state index is 12.1. The summed E-state index contributed by atoms with van der Waals surface area (Å²) in [5.41, 5.74) is -0.000344. The van der Waals surface area contributed by atoms with E-state index in [1.165, 1.54) is 18.2 Å². The van der Waals surface area contributed by atoms with E-state index >= 15 is 0 Å². The first kappa shape index (κ1) is 18.4. The third kappa shape index (κ3) is 5.60. The first-order valence-corrected chi connectivity index (χ1v) is 8.83. The van der Waals surface area contributed by atoms with Crippen molar-refractivity contribution in [1.82, 2.24) is 4.72 Å². The van der Waals surface area contributed by atoms with Gasteiger partial charge in [0.15, 0.2) is 0 Å². The number of carbonyl (C=O) groups is 1. The fourth-order valence-electron chi connectivity index (χ4n) is 1.91. The van der Waals surface area contributed by atoms with Crippen molar-refractivity contribution in [3.05, 3.63) is 60.2 Å². The molecule has 0 aliphatic carbocycles. The highest BCUT2D eigenvalue weighted by Gasteiger charge is 2.19. The SMILES string of the molecule is N#Cc1ccccc1S(=O)(=O)NCC(=O)OCCOc1ccccc1. The molecule has 2 rings (SSSR count). The monoisotopic (exact) mass is 360 g/mol. The molecule has 0 aliphatic heterocycles. The predicted octanol–water partition coefficient (Wildman–Crippen LogP) is 1.46. The highest BCUT2D eigenvalue weighted by molar-refractivity contribution is 7.89. The highest BCUT2D eigenvalue weighted by Crippen LogP contribution is 2.13. The van der Waals surface area contributed by atoms with Crippen LogP contribution in [0, 0.1) is 11.3 Å². The Morgan fingerprint density at radius 2 is 1.72 bits per heavy atom. The van der Waals surface area contributed by atoms with Crippen LogP contribution in [0.15, 0.2) is 59.5 Å².